The molecule has 1 fully saturated rings. The molecule has 0 bridgehead atoms. The lowest BCUT2D eigenvalue weighted by atomic mass is 9.78. The van der Waals surface area contributed by atoms with Gasteiger partial charge < -0.3 is 10.6 Å². The van der Waals surface area contributed by atoms with Gasteiger partial charge in [0.2, 0.25) is 11.8 Å². The summed E-state index contributed by atoms with van der Waals surface area (Å²) in [5, 5.41) is 16.8. The van der Waals surface area contributed by atoms with Crippen LogP contribution >= 0.6 is 0 Å². The average molecular weight is 316 g/mol. The van der Waals surface area contributed by atoms with Crippen molar-refractivity contribution in [3.63, 3.8) is 0 Å². The van der Waals surface area contributed by atoms with Crippen LogP contribution in [0.3, 0.4) is 0 Å². The fourth-order valence-corrected chi connectivity index (χ4v) is 2.74. The second-order valence-corrected chi connectivity index (χ2v) is 5.84. The standard InChI is InChI=1S/C15H20N6O2/c1-10(22)17-12-7-11(8-12)13-9-14(20-19-13)18-15(23)3-6-21-5-2-4-16-21/h2,4-5,9,11-12H,3,6-8H2,1H3,(H,17,22)(H2,18,19,20,23). The smallest absolute Gasteiger partial charge is 0.227 e. The van der Waals surface area contributed by atoms with Crippen molar-refractivity contribution in [3.05, 3.63) is 30.2 Å². The number of nitrogens with zero attached hydrogens (tertiary/aromatic N) is 3. The van der Waals surface area contributed by atoms with Crippen LogP contribution in [0.5, 0.6) is 0 Å². The molecule has 0 aliphatic heterocycles. The molecule has 2 aromatic heterocycles. The van der Waals surface area contributed by atoms with E-state index in [1.165, 1.54) is 6.92 Å². The molecule has 0 unspecified atom stereocenters. The lowest BCUT2D eigenvalue weighted by Gasteiger charge is -2.34. The lowest BCUT2D eigenvalue weighted by Crippen LogP contribution is -2.42. The van der Waals surface area contributed by atoms with Gasteiger partial charge in [-0.05, 0) is 18.9 Å². The zero-order valence-corrected chi connectivity index (χ0v) is 13.0. The van der Waals surface area contributed by atoms with Crippen LogP contribution in [-0.4, -0.2) is 37.8 Å². The van der Waals surface area contributed by atoms with Crippen molar-refractivity contribution < 1.29 is 9.59 Å². The molecule has 1 saturated carbocycles. The van der Waals surface area contributed by atoms with E-state index in [1.807, 2.05) is 18.3 Å². The summed E-state index contributed by atoms with van der Waals surface area (Å²) in [6, 6.07) is 3.93. The summed E-state index contributed by atoms with van der Waals surface area (Å²) in [5.74, 6) is 0.800. The third-order valence-electron chi connectivity index (χ3n) is 3.98. The monoisotopic (exact) mass is 316 g/mol. The number of anilines is 1. The van der Waals surface area contributed by atoms with Crippen molar-refractivity contribution in [2.75, 3.05) is 5.32 Å². The summed E-state index contributed by atoms with van der Waals surface area (Å²) in [7, 11) is 0. The summed E-state index contributed by atoms with van der Waals surface area (Å²) in [5.41, 5.74) is 0.994. The molecule has 1 aliphatic rings. The summed E-state index contributed by atoms with van der Waals surface area (Å²) in [6.07, 6.45) is 5.65. The topological polar surface area (TPSA) is 105 Å². The van der Waals surface area contributed by atoms with Gasteiger partial charge in [0.25, 0.3) is 0 Å². The zero-order chi connectivity index (χ0) is 16.2. The van der Waals surface area contributed by atoms with Gasteiger partial charge in [-0.25, -0.2) is 0 Å². The molecule has 0 aromatic carbocycles. The average Bonchev–Trinajstić information content (AvgIpc) is 3.11. The maximum Gasteiger partial charge on any atom is 0.227 e. The van der Waals surface area contributed by atoms with Crippen LogP contribution in [0.4, 0.5) is 5.82 Å². The van der Waals surface area contributed by atoms with Gasteiger partial charge in [-0.1, -0.05) is 0 Å². The number of carbonyl (C=O) groups excluding carboxylic acids is 2. The number of carbonyl (C=O) groups is 2. The first kappa shape index (κ1) is 15.3. The fourth-order valence-electron chi connectivity index (χ4n) is 2.74. The second kappa shape index (κ2) is 6.64. The van der Waals surface area contributed by atoms with E-state index in [1.54, 1.807) is 10.9 Å². The van der Waals surface area contributed by atoms with Crippen molar-refractivity contribution in [2.45, 2.75) is 44.7 Å². The van der Waals surface area contributed by atoms with Crippen LogP contribution in [0.1, 0.15) is 37.8 Å². The third-order valence-corrected chi connectivity index (χ3v) is 3.98. The number of aromatic nitrogens is 4. The number of nitrogens with one attached hydrogen (secondary N) is 3. The minimum Gasteiger partial charge on any atom is -0.354 e. The summed E-state index contributed by atoms with van der Waals surface area (Å²) < 4.78 is 1.71. The number of aromatic amines is 1. The van der Waals surface area contributed by atoms with Gasteiger partial charge in [0.15, 0.2) is 5.82 Å². The number of aryl methyl sites for hydroxylation is 1. The number of rotatable bonds is 6. The van der Waals surface area contributed by atoms with Crippen LogP contribution in [0, 0.1) is 0 Å². The van der Waals surface area contributed by atoms with Gasteiger partial charge in [-0.15, -0.1) is 0 Å². The van der Waals surface area contributed by atoms with E-state index < -0.39 is 0 Å². The first-order valence-corrected chi connectivity index (χ1v) is 7.70. The van der Waals surface area contributed by atoms with Gasteiger partial charge in [0.05, 0.1) is 0 Å². The molecule has 23 heavy (non-hydrogen) atoms. The van der Waals surface area contributed by atoms with E-state index in [4.69, 9.17) is 0 Å². The molecule has 0 saturated heterocycles. The van der Waals surface area contributed by atoms with E-state index in [-0.39, 0.29) is 17.9 Å². The number of hydrogen-bond acceptors (Lipinski definition) is 4. The van der Waals surface area contributed by atoms with Crippen LogP contribution in [0.2, 0.25) is 0 Å². The minimum atomic E-state index is -0.0942. The molecule has 122 valence electrons. The first-order chi connectivity index (χ1) is 11.1. The Labute approximate surface area is 133 Å². The van der Waals surface area contributed by atoms with Crippen LogP contribution in [-0.2, 0) is 16.1 Å². The van der Waals surface area contributed by atoms with Crippen LogP contribution in [0.15, 0.2) is 24.5 Å². The second-order valence-electron chi connectivity index (χ2n) is 5.84. The van der Waals surface area contributed by atoms with Gasteiger partial charge in [0, 0.05) is 56.0 Å². The molecule has 2 aromatic rings. The highest BCUT2D eigenvalue weighted by Crippen LogP contribution is 2.36. The molecular formula is C15H20N6O2. The van der Waals surface area contributed by atoms with Crippen molar-refractivity contribution in [3.8, 4) is 0 Å². The van der Waals surface area contributed by atoms with Gasteiger partial charge in [-0.3, -0.25) is 19.4 Å². The molecule has 1 aliphatic carbocycles. The molecule has 0 radical (unpaired) electrons. The maximum absolute atomic E-state index is 11.9. The highest BCUT2D eigenvalue weighted by molar-refractivity contribution is 5.89. The molecule has 2 heterocycles. The lowest BCUT2D eigenvalue weighted by molar-refractivity contribution is -0.120. The van der Waals surface area contributed by atoms with E-state index in [0.29, 0.717) is 24.7 Å². The predicted octanol–water partition coefficient (Wildman–Crippen LogP) is 1.02. The SMILES string of the molecule is CC(=O)NC1CC(c2cc(NC(=O)CCn3cccn3)n[nH]2)C1. The Morgan fingerprint density at radius 1 is 1.43 bits per heavy atom. The molecular weight excluding hydrogens is 296 g/mol. The normalized spacial score (nSPS) is 19.9. The van der Waals surface area contributed by atoms with Gasteiger partial charge >= 0.3 is 0 Å². The van der Waals surface area contributed by atoms with Crippen molar-refractivity contribution >= 4 is 17.6 Å². The van der Waals surface area contributed by atoms with Crippen LogP contribution < -0.4 is 10.6 Å². The molecule has 2 amide bonds. The molecule has 0 spiro atoms. The summed E-state index contributed by atoms with van der Waals surface area (Å²) >= 11 is 0. The van der Waals surface area contributed by atoms with Crippen molar-refractivity contribution in [1.82, 2.24) is 25.3 Å². The quantitative estimate of drug-likeness (QED) is 0.740. The van der Waals surface area contributed by atoms with Crippen molar-refractivity contribution in [2.24, 2.45) is 0 Å². The zero-order valence-electron chi connectivity index (χ0n) is 13.0. The molecule has 8 heteroatoms. The largest absolute Gasteiger partial charge is 0.354 e. The number of amides is 2. The highest BCUT2D eigenvalue weighted by Gasteiger charge is 2.32. The molecule has 3 N–H and O–H groups in total. The van der Waals surface area contributed by atoms with E-state index in [2.05, 4.69) is 25.9 Å². The Bertz CT molecular complexity index is 672. The molecule has 0 atom stereocenters. The Morgan fingerprint density at radius 3 is 2.96 bits per heavy atom. The molecule has 8 nitrogen and oxygen atoms in total. The third kappa shape index (κ3) is 3.97. The van der Waals surface area contributed by atoms with Crippen LogP contribution in [0.25, 0.3) is 0 Å². The number of hydrogen-bond donors (Lipinski definition) is 3. The summed E-state index contributed by atoms with van der Waals surface area (Å²) in [4.78, 5) is 22.9. The Kier molecular flexibility index (Phi) is 4.40. The Balaban J connectivity index is 1.44. The van der Waals surface area contributed by atoms with E-state index >= 15 is 0 Å². The van der Waals surface area contributed by atoms with Gasteiger partial charge in [0.1, 0.15) is 0 Å². The predicted molar refractivity (Wildman–Crippen MR) is 83.6 cm³/mol. The van der Waals surface area contributed by atoms with Gasteiger partial charge in [-0.2, -0.15) is 10.2 Å². The van der Waals surface area contributed by atoms with E-state index in [9.17, 15) is 9.59 Å². The van der Waals surface area contributed by atoms with E-state index in [0.717, 1.165) is 18.5 Å². The summed E-state index contributed by atoms with van der Waals surface area (Å²) in [6.45, 7) is 2.07. The highest BCUT2D eigenvalue weighted by atomic mass is 16.2. The molecule has 3 rings (SSSR count). The Hall–Kier alpha value is -2.64. The van der Waals surface area contributed by atoms with Crippen molar-refractivity contribution in [1.29, 1.82) is 0 Å². The Morgan fingerprint density at radius 2 is 2.26 bits per heavy atom. The minimum absolute atomic E-state index is 0.00296. The maximum atomic E-state index is 11.9. The first-order valence-electron chi connectivity index (χ1n) is 7.70. The number of H-pyrrole nitrogens is 1. The fraction of sp³-hybridized carbons (Fsp3) is 0.467.